The fourth-order valence-electron chi connectivity index (χ4n) is 1.55. The van der Waals surface area contributed by atoms with Gasteiger partial charge >= 0.3 is 0 Å². The van der Waals surface area contributed by atoms with Crippen LogP contribution in [0, 0.1) is 0 Å². The summed E-state index contributed by atoms with van der Waals surface area (Å²) in [5.74, 6) is -0.188. The van der Waals surface area contributed by atoms with Gasteiger partial charge in [0.15, 0.2) is 0 Å². The number of aromatic nitrogens is 1. The van der Waals surface area contributed by atoms with Crippen LogP contribution in [0.4, 0.5) is 5.69 Å². The lowest BCUT2D eigenvalue weighted by Gasteiger charge is -2.17. The monoisotopic (exact) mass is 280 g/mol. The van der Waals surface area contributed by atoms with Crippen LogP contribution in [-0.4, -0.2) is 17.9 Å². The fourth-order valence-corrected chi connectivity index (χ4v) is 2.01. The van der Waals surface area contributed by atoms with Gasteiger partial charge in [0.25, 0.3) is 5.91 Å². The molecule has 0 spiro atoms. The number of rotatable bonds is 2. The van der Waals surface area contributed by atoms with Gasteiger partial charge in [-0.25, -0.2) is 4.98 Å². The van der Waals surface area contributed by atoms with Crippen LogP contribution in [0.3, 0.4) is 0 Å². The quantitative estimate of drug-likeness (QED) is 0.787. The molecular formula is C13H10Cl2N2O. The maximum Gasteiger partial charge on any atom is 0.258 e. The Kier molecular flexibility index (Phi) is 3.84. The maximum atomic E-state index is 12.2. The number of benzene rings is 1. The molecule has 2 aromatic rings. The van der Waals surface area contributed by atoms with Crippen LogP contribution in [0.25, 0.3) is 0 Å². The molecule has 1 aromatic heterocycles. The number of halogens is 2. The number of pyridine rings is 1. The zero-order valence-corrected chi connectivity index (χ0v) is 11.1. The van der Waals surface area contributed by atoms with Crippen molar-refractivity contribution in [3.8, 4) is 0 Å². The van der Waals surface area contributed by atoms with Gasteiger partial charge in [0.2, 0.25) is 0 Å². The van der Waals surface area contributed by atoms with Gasteiger partial charge in [-0.2, -0.15) is 0 Å². The van der Waals surface area contributed by atoms with Crippen molar-refractivity contribution >= 4 is 34.8 Å². The number of para-hydroxylation sites is 1. The molecule has 3 nitrogen and oxygen atoms in total. The minimum Gasteiger partial charge on any atom is -0.311 e. The van der Waals surface area contributed by atoms with Crippen LogP contribution in [-0.2, 0) is 0 Å². The third-order valence-electron chi connectivity index (χ3n) is 2.46. The Balaban J connectivity index is 2.31. The molecule has 92 valence electrons. The van der Waals surface area contributed by atoms with E-state index in [2.05, 4.69) is 4.98 Å². The first kappa shape index (κ1) is 12.9. The molecule has 0 unspecified atom stereocenters. The lowest BCUT2D eigenvalue weighted by atomic mass is 10.2. The third-order valence-corrected chi connectivity index (χ3v) is 2.85. The summed E-state index contributed by atoms with van der Waals surface area (Å²) >= 11 is 11.6. The topological polar surface area (TPSA) is 33.2 Å². The minimum atomic E-state index is -0.188. The van der Waals surface area contributed by atoms with E-state index in [0.717, 1.165) is 5.69 Å². The molecule has 0 fully saturated rings. The number of anilines is 1. The SMILES string of the molecule is CN(C(=O)c1cc(Cl)nc(Cl)c1)c1ccccc1. The Bertz CT molecular complexity index is 552. The summed E-state index contributed by atoms with van der Waals surface area (Å²) in [6.45, 7) is 0. The molecule has 0 saturated heterocycles. The fraction of sp³-hybridized carbons (Fsp3) is 0.0769. The van der Waals surface area contributed by atoms with E-state index in [1.54, 1.807) is 7.05 Å². The molecule has 0 aliphatic carbocycles. The van der Waals surface area contributed by atoms with Crippen molar-refractivity contribution in [2.45, 2.75) is 0 Å². The van der Waals surface area contributed by atoms with E-state index in [9.17, 15) is 4.79 Å². The van der Waals surface area contributed by atoms with Crippen molar-refractivity contribution in [3.05, 3.63) is 58.3 Å². The molecule has 0 saturated carbocycles. The highest BCUT2D eigenvalue weighted by Crippen LogP contribution is 2.19. The molecule has 1 heterocycles. The van der Waals surface area contributed by atoms with Gasteiger partial charge in [-0.1, -0.05) is 41.4 Å². The minimum absolute atomic E-state index is 0.188. The van der Waals surface area contributed by atoms with Crippen LogP contribution in [0.2, 0.25) is 10.3 Å². The highest BCUT2D eigenvalue weighted by atomic mass is 35.5. The van der Waals surface area contributed by atoms with Crippen molar-refractivity contribution in [1.82, 2.24) is 4.98 Å². The second-order valence-corrected chi connectivity index (χ2v) is 4.48. The molecule has 1 aromatic carbocycles. The standard InChI is InChI=1S/C13H10Cl2N2O/c1-17(10-5-3-2-4-6-10)13(18)9-7-11(14)16-12(15)8-9/h2-8H,1H3. The highest BCUT2D eigenvalue weighted by molar-refractivity contribution is 6.33. The van der Waals surface area contributed by atoms with Crippen LogP contribution >= 0.6 is 23.2 Å². The van der Waals surface area contributed by atoms with Crippen LogP contribution in [0.15, 0.2) is 42.5 Å². The number of carbonyl (C=O) groups excluding carboxylic acids is 1. The predicted octanol–water partition coefficient (Wildman–Crippen LogP) is 3.67. The summed E-state index contributed by atoms with van der Waals surface area (Å²) in [7, 11) is 1.69. The second kappa shape index (κ2) is 5.38. The number of carbonyl (C=O) groups is 1. The van der Waals surface area contributed by atoms with Gasteiger partial charge in [-0.05, 0) is 24.3 Å². The van der Waals surface area contributed by atoms with E-state index in [-0.39, 0.29) is 16.2 Å². The first-order valence-electron chi connectivity index (χ1n) is 5.24. The van der Waals surface area contributed by atoms with E-state index in [1.807, 2.05) is 30.3 Å². The molecule has 0 bridgehead atoms. The maximum absolute atomic E-state index is 12.2. The molecule has 0 aliphatic heterocycles. The van der Waals surface area contributed by atoms with Crippen molar-refractivity contribution in [2.24, 2.45) is 0 Å². The Morgan fingerprint density at radius 2 is 1.67 bits per heavy atom. The first-order valence-corrected chi connectivity index (χ1v) is 6.00. The molecule has 1 amide bonds. The molecule has 0 N–H and O–H groups in total. The molecule has 0 aliphatic rings. The van der Waals surface area contributed by atoms with Gasteiger partial charge in [0.05, 0.1) is 0 Å². The summed E-state index contributed by atoms with van der Waals surface area (Å²) < 4.78 is 0. The number of nitrogens with zero attached hydrogens (tertiary/aromatic N) is 2. The van der Waals surface area contributed by atoms with E-state index in [1.165, 1.54) is 17.0 Å². The Morgan fingerprint density at radius 1 is 1.11 bits per heavy atom. The summed E-state index contributed by atoms with van der Waals surface area (Å²) in [4.78, 5) is 17.6. The smallest absolute Gasteiger partial charge is 0.258 e. The average Bonchev–Trinajstić information content (AvgIpc) is 2.37. The highest BCUT2D eigenvalue weighted by Gasteiger charge is 2.14. The molecule has 0 radical (unpaired) electrons. The molecule has 5 heteroatoms. The van der Waals surface area contributed by atoms with E-state index in [0.29, 0.717) is 5.56 Å². The van der Waals surface area contributed by atoms with Crippen molar-refractivity contribution in [1.29, 1.82) is 0 Å². The molecule has 0 atom stereocenters. The van der Waals surface area contributed by atoms with Crippen LogP contribution in [0.1, 0.15) is 10.4 Å². The van der Waals surface area contributed by atoms with Gasteiger partial charge < -0.3 is 4.90 Å². The zero-order valence-electron chi connectivity index (χ0n) is 9.60. The average molecular weight is 281 g/mol. The molecule has 2 rings (SSSR count). The largest absolute Gasteiger partial charge is 0.311 e. The first-order chi connectivity index (χ1) is 8.58. The summed E-state index contributed by atoms with van der Waals surface area (Å²) in [5.41, 5.74) is 1.21. The van der Waals surface area contributed by atoms with Crippen molar-refractivity contribution in [2.75, 3.05) is 11.9 Å². The lowest BCUT2D eigenvalue weighted by Crippen LogP contribution is -2.26. The van der Waals surface area contributed by atoms with Crippen molar-refractivity contribution in [3.63, 3.8) is 0 Å². The van der Waals surface area contributed by atoms with E-state index < -0.39 is 0 Å². The van der Waals surface area contributed by atoms with E-state index in [4.69, 9.17) is 23.2 Å². The third kappa shape index (κ3) is 2.81. The van der Waals surface area contributed by atoms with Crippen LogP contribution in [0.5, 0.6) is 0 Å². The molecular weight excluding hydrogens is 271 g/mol. The van der Waals surface area contributed by atoms with Gasteiger partial charge in [0.1, 0.15) is 10.3 Å². The number of amides is 1. The number of hydrogen-bond acceptors (Lipinski definition) is 2. The van der Waals surface area contributed by atoms with Crippen molar-refractivity contribution < 1.29 is 4.79 Å². The zero-order chi connectivity index (χ0) is 13.1. The lowest BCUT2D eigenvalue weighted by molar-refractivity contribution is 0.0993. The summed E-state index contributed by atoms with van der Waals surface area (Å²) in [6.07, 6.45) is 0. The Hall–Kier alpha value is -1.58. The van der Waals surface area contributed by atoms with Gasteiger partial charge in [-0.3, -0.25) is 4.79 Å². The second-order valence-electron chi connectivity index (χ2n) is 3.70. The predicted molar refractivity (Wildman–Crippen MR) is 73.4 cm³/mol. The normalized spacial score (nSPS) is 10.2. The van der Waals surface area contributed by atoms with Crippen LogP contribution < -0.4 is 4.90 Å². The van der Waals surface area contributed by atoms with Gasteiger partial charge in [0, 0.05) is 18.3 Å². The Morgan fingerprint density at radius 3 is 2.22 bits per heavy atom. The summed E-state index contributed by atoms with van der Waals surface area (Å²) in [5, 5.41) is 0.402. The Labute approximate surface area is 115 Å². The van der Waals surface area contributed by atoms with Gasteiger partial charge in [-0.15, -0.1) is 0 Å². The van der Waals surface area contributed by atoms with E-state index >= 15 is 0 Å². The molecule has 18 heavy (non-hydrogen) atoms. The summed E-state index contributed by atoms with van der Waals surface area (Å²) in [6, 6.07) is 12.3. The number of hydrogen-bond donors (Lipinski definition) is 0.